The number of carbonyl (C=O) groups excluding carboxylic acids is 2. The highest BCUT2D eigenvalue weighted by molar-refractivity contribution is 7.12. The predicted octanol–water partition coefficient (Wildman–Crippen LogP) is 6.10. The van der Waals surface area contributed by atoms with Crippen LogP contribution < -0.4 is 11.1 Å². The van der Waals surface area contributed by atoms with Gasteiger partial charge < -0.3 is 11.1 Å². The van der Waals surface area contributed by atoms with E-state index in [-0.39, 0.29) is 29.1 Å². The van der Waals surface area contributed by atoms with Gasteiger partial charge in [0.15, 0.2) is 0 Å². The van der Waals surface area contributed by atoms with Gasteiger partial charge in [0, 0.05) is 28.3 Å². The third kappa shape index (κ3) is 4.76. The number of hydrogen-bond acceptors (Lipinski definition) is 4. The van der Waals surface area contributed by atoms with E-state index in [0.717, 1.165) is 68.8 Å². The highest BCUT2D eigenvalue weighted by atomic mass is 32.1. The number of rotatable bonds is 7. The molecule has 36 heavy (non-hydrogen) atoms. The average Bonchev–Trinajstić information content (AvgIpc) is 3.06. The maximum absolute atomic E-state index is 14.0. The van der Waals surface area contributed by atoms with Crippen LogP contribution in [0.25, 0.3) is 11.1 Å². The van der Waals surface area contributed by atoms with E-state index in [1.54, 1.807) is 18.3 Å². The maximum Gasteiger partial charge on any atom is 0.252 e. The maximum atomic E-state index is 14.0. The first-order valence-corrected chi connectivity index (χ1v) is 13.5. The summed E-state index contributed by atoms with van der Waals surface area (Å²) in [6, 6.07) is 13.2. The zero-order chi connectivity index (χ0) is 25.6. The van der Waals surface area contributed by atoms with Crippen molar-refractivity contribution in [3.8, 4) is 11.1 Å². The van der Waals surface area contributed by atoms with Crippen molar-refractivity contribution in [2.75, 3.05) is 0 Å². The summed E-state index contributed by atoms with van der Waals surface area (Å²) >= 11 is 1.67. The number of aryl methyl sites for hydroxylation is 2. The van der Waals surface area contributed by atoms with E-state index in [9.17, 15) is 14.0 Å². The van der Waals surface area contributed by atoms with Gasteiger partial charge in [-0.15, -0.1) is 11.3 Å². The van der Waals surface area contributed by atoms with Gasteiger partial charge in [-0.2, -0.15) is 0 Å². The van der Waals surface area contributed by atoms with Gasteiger partial charge in [0.25, 0.3) is 5.91 Å². The minimum atomic E-state index is -0.287. The summed E-state index contributed by atoms with van der Waals surface area (Å²) in [5.41, 5.74) is 11.5. The lowest BCUT2D eigenvalue weighted by Gasteiger charge is -2.57. The Morgan fingerprint density at radius 2 is 1.69 bits per heavy atom. The largest absolute Gasteiger partial charge is 0.349 e. The lowest BCUT2D eigenvalue weighted by atomic mass is 9.49. The van der Waals surface area contributed by atoms with Crippen molar-refractivity contribution < 1.29 is 14.0 Å². The zero-order valence-corrected chi connectivity index (χ0v) is 21.9. The predicted molar refractivity (Wildman–Crippen MR) is 143 cm³/mol. The van der Waals surface area contributed by atoms with Crippen LogP contribution in [0.4, 0.5) is 4.39 Å². The molecule has 0 atom stereocenters. The molecule has 4 nitrogen and oxygen atoms in total. The summed E-state index contributed by atoms with van der Waals surface area (Å²) in [4.78, 5) is 27.1. The molecule has 2 aliphatic carbocycles. The average molecular weight is 505 g/mol. The van der Waals surface area contributed by atoms with Crippen molar-refractivity contribution in [2.45, 2.75) is 65.5 Å². The van der Waals surface area contributed by atoms with Crippen LogP contribution in [0.2, 0.25) is 0 Å². The van der Waals surface area contributed by atoms with Gasteiger partial charge in [0.2, 0.25) is 0 Å². The first-order chi connectivity index (χ1) is 17.2. The second-order valence-corrected chi connectivity index (χ2v) is 12.2. The summed E-state index contributed by atoms with van der Waals surface area (Å²) < 4.78 is 14.0. The molecule has 0 radical (unpaired) electrons. The summed E-state index contributed by atoms with van der Waals surface area (Å²) in [6.07, 6.45) is 4.59. The fraction of sp³-hybridized carbons (Fsp3) is 0.400. The fourth-order valence-electron chi connectivity index (χ4n) is 6.15. The minimum Gasteiger partial charge on any atom is -0.349 e. The molecule has 1 spiro atoms. The van der Waals surface area contributed by atoms with Crippen LogP contribution in [0.5, 0.6) is 0 Å². The summed E-state index contributed by atoms with van der Waals surface area (Å²) in [5, 5.41) is 3.26. The Balaban J connectivity index is 1.27. The van der Waals surface area contributed by atoms with Crippen LogP contribution >= 0.6 is 11.3 Å². The molecule has 2 fully saturated rings. The molecule has 3 N–H and O–H groups in total. The van der Waals surface area contributed by atoms with E-state index in [1.807, 2.05) is 37.3 Å². The van der Waals surface area contributed by atoms with E-state index in [2.05, 4.69) is 12.2 Å². The Bertz CT molecular complexity index is 1310. The van der Waals surface area contributed by atoms with Crippen LogP contribution in [0.1, 0.15) is 69.4 Å². The smallest absolute Gasteiger partial charge is 0.252 e. The van der Waals surface area contributed by atoms with Crippen LogP contribution in [0.15, 0.2) is 42.5 Å². The van der Waals surface area contributed by atoms with E-state index >= 15 is 0 Å². The van der Waals surface area contributed by atoms with Crippen molar-refractivity contribution >= 4 is 23.0 Å². The lowest BCUT2D eigenvalue weighted by molar-refractivity contribution is -0.134. The van der Waals surface area contributed by atoms with Crippen LogP contribution in [0, 0.1) is 31.0 Å². The molecule has 0 bridgehead atoms. The van der Waals surface area contributed by atoms with E-state index in [0.29, 0.717) is 18.7 Å². The van der Waals surface area contributed by atoms with Crippen molar-refractivity contribution in [3.63, 3.8) is 0 Å². The number of nitrogens with two attached hydrogens (primary N) is 1. The number of amides is 1. The first-order valence-electron chi connectivity index (χ1n) is 12.7. The molecule has 1 heterocycles. The molecule has 0 saturated heterocycles. The van der Waals surface area contributed by atoms with Gasteiger partial charge >= 0.3 is 0 Å². The molecule has 1 aromatic heterocycles. The van der Waals surface area contributed by atoms with Crippen molar-refractivity contribution in [2.24, 2.45) is 17.1 Å². The molecule has 5 rings (SSSR count). The number of thiophene rings is 1. The lowest BCUT2D eigenvalue weighted by Crippen LogP contribution is -2.57. The topological polar surface area (TPSA) is 72.2 Å². The highest BCUT2D eigenvalue weighted by Crippen LogP contribution is 2.58. The quantitative estimate of drug-likeness (QED) is 0.408. The zero-order valence-electron chi connectivity index (χ0n) is 21.1. The van der Waals surface area contributed by atoms with Gasteiger partial charge in [-0.05, 0) is 104 Å². The molecular weight excluding hydrogens is 471 g/mol. The van der Waals surface area contributed by atoms with E-state index in [4.69, 9.17) is 5.73 Å². The number of benzene rings is 2. The number of hydrogen-bond donors (Lipinski definition) is 2. The van der Waals surface area contributed by atoms with E-state index < -0.39 is 0 Å². The number of Topliss-reactive ketones (excluding diaryl/α,β-unsaturated/α-hetero) is 1. The van der Waals surface area contributed by atoms with Crippen molar-refractivity contribution in [1.29, 1.82) is 0 Å². The molecular formula is C30H33FN2O2S. The second-order valence-electron chi connectivity index (χ2n) is 10.8. The Morgan fingerprint density at radius 1 is 1.00 bits per heavy atom. The molecule has 2 saturated carbocycles. The third-order valence-corrected chi connectivity index (χ3v) is 9.16. The highest BCUT2D eigenvalue weighted by Gasteiger charge is 2.54. The van der Waals surface area contributed by atoms with Crippen LogP contribution in [-0.4, -0.2) is 17.7 Å². The summed E-state index contributed by atoms with van der Waals surface area (Å²) in [6.45, 7) is 6.08. The molecule has 0 unspecified atom stereocenters. The summed E-state index contributed by atoms with van der Waals surface area (Å²) in [7, 11) is 0. The molecule has 0 aliphatic heterocycles. The third-order valence-electron chi connectivity index (χ3n) is 8.10. The van der Waals surface area contributed by atoms with Gasteiger partial charge in [0.05, 0.1) is 5.56 Å². The van der Waals surface area contributed by atoms with Crippen LogP contribution in [0.3, 0.4) is 0 Å². The molecule has 2 aromatic carbocycles. The first kappa shape index (κ1) is 24.8. The molecule has 188 valence electrons. The minimum absolute atomic E-state index is 0.0137. The van der Waals surface area contributed by atoms with Crippen molar-refractivity contribution in [1.82, 2.24) is 5.32 Å². The number of halogens is 1. The molecule has 3 aromatic rings. The number of nitrogens with one attached hydrogen (secondary N) is 1. The SMILES string of the molecule is CC(=O)C1CC2(CC(NC(=O)c3c(C)sc(C)c3Cc3ccc(-c4cc(F)cc(CN)c4)cc3)C2)C1. The van der Waals surface area contributed by atoms with Crippen LogP contribution in [-0.2, 0) is 17.8 Å². The van der Waals surface area contributed by atoms with Gasteiger partial charge in [-0.3, -0.25) is 9.59 Å². The van der Waals surface area contributed by atoms with Gasteiger partial charge in [-0.1, -0.05) is 24.3 Å². The Kier molecular flexibility index (Phi) is 6.60. The second kappa shape index (κ2) is 9.56. The normalized spacial score (nSPS) is 22.7. The Labute approximate surface area is 216 Å². The number of carbonyl (C=O) groups is 2. The van der Waals surface area contributed by atoms with Gasteiger partial charge in [0.1, 0.15) is 11.6 Å². The standard InChI is InChI=1S/C30H33FN2O2S/c1-17(34)24-12-30(13-24)14-26(15-30)33-29(35)28-19(3)36-18(2)27(28)10-20-4-6-22(7-5-20)23-8-21(16-32)9-25(31)11-23/h4-9,11,24,26H,10,12-16,32H2,1-3H3,(H,33,35). The summed E-state index contributed by atoms with van der Waals surface area (Å²) in [5.74, 6) is 0.252. The molecule has 1 amide bonds. The van der Waals surface area contributed by atoms with E-state index in [1.165, 1.54) is 12.1 Å². The van der Waals surface area contributed by atoms with Gasteiger partial charge in [-0.25, -0.2) is 4.39 Å². The monoisotopic (exact) mass is 504 g/mol. The Morgan fingerprint density at radius 3 is 2.33 bits per heavy atom. The molecule has 6 heteroatoms. The fourth-order valence-corrected chi connectivity index (χ4v) is 7.22. The molecule has 2 aliphatic rings. The van der Waals surface area contributed by atoms with Crippen molar-refractivity contribution in [3.05, 3.63) is 80.3 Å². The number of ketones is 1. The Hall–Kier alpha value is -2.83.